The van der Waals surface area contributed by atoms with Crippen molar-refractivity contribution in [3.63, 3.8) is 0 Å². The second-order valence-corrected chi connectivity index (χ2v) is 8.72. The number of likely N-dealkylation sites (tertiary alicyclic amines) is 1. The number of benzene rings is 1. The molecule has 1 saturated carbocycles. The predicted octanol–water partition coefficient (Wildman–Crippen LogP) is 2.82. The maximum atomic E-state index is 13.4. The minimum Gasteiger partial charge on any atom is -0.368 e. The Hall–Kier alpha value is -2.04. The third-order valence-electron chi connectivity index (χ3n) is 6.71. The molecule has 1 atom stereocenters. The number of hydrogen-bond donors (Lipinski definition) is 0. The van der Waals surface area contributed by atoms with E-state index in [2.05, 4.69) is 36.1 Å². The Morgan fingerprint density at radius 3 is 2.37 bits per heavy atom. The summed E-state index contributed by atoms with van der Waals surface area (Å²) in [6, 6.07) is 8.40. The van der Waals surface area contributed by atoms with Crippen molar-refractivity contribution in [2.24, 2.45) is 5.41 Å². The Bertz CT molecular complexity index is 731. The van der Waals surface area contributed by atoms with Gasteiger partial charge in [0.15, 0.2) is 0 Å². The second-order valence-electron chi connectivity index (χ2n) is 8.72. The predicted molar refractivity (Wildman–Crippen MR) is 107 cm³/mol. The summed E-state index contributed by atoms with van der Waals surface area (Å²) in [5.74, 6) is 0.390. The van der Waals surface area contributed by atoms with Gasteiger partial charge in [0.25, 0.3) is 0 Å². The summed E-state index contributed by atoms with van der Waals surface area (Å²) in [6.45, 7) is 9.33. The monoisotopic (exact) mass is 369 g/mol. The number of amides is 2. The van der Waals surface area contributed by atoms with E-state index in [0.29, 0.717) is 0 Å². The summed E-state index contributed by atoms with van der Waals surface area (Å²) in [7, 11) is 0. The molecule has 5 nitrogen and oxygen atoms in total. The number of anilines is 1. The van der Waals surface area contributed by atoms with Crippen molar-refractivity contribution in [2.75, 3.05) is 31.1 Å². The Morgan fingerprint density at radius 2 is 1.78 bits per heavy atom. The molecule has 2 saturated heterocycles. The molecule has 4 rings (SSSR count). The molecule has 1 aromatic carbocycles. The van der Waals surface area contributed by atoms with Gasteiger partial charge in [-0.15, -0.1) is 0 Å². The lowest BCUT2D eigenvalue weighted by atomic mass is 9.67. The van der Waals surface area contributed by atoms with Gasteiger partial charge in [0.05, 0.1) is 5.41 Å². The van der Waals surface area contributed by atoms with Gasteiger partial charge in [0.1, 0.15) is 6.04 Å². The summed E-state index contributed by atoms with van der Waals surface area (Å²) in [6.07, 6.45) is 3.91. The first-order valence-corrected chi connectivity index (χ1v) is 10.4. The summed E-state index contributed by atoms with van der Waals surface area (Å²) in [4.78, 5) is 32.5. The summed E-state index contributed by atoms with van der Waals surface area (Å²) >= 11 is 0. The lowest BCUT2D eigenvalue weighted by Gasteiger charge is -2.56. The molecule has 2 aliphatic heterocycles. The number of hydrogen-bond acceptors (Lipinski definition) is 3. The van der Waals surface area contributed by atoms with E-state index >= 15 is 0 Å². The minimum atomic E-state index is -0.394. The molecule has 0 N–H and O–H groups in total. The number of β-lactam (4-membered cyclic amide) rings is 1. The molecule has 5 heteroatoms. The molecule has 3 aliphatic rings. The van der Waals surface area contributed by atoms with Crippen LogP contribution in [0.5, 0.6) is 0 Å². The summed E-state index contributed by atoms with van der Waals surface area (Å²) in [5.41, 5.74) is 2.10. The van der Waals surface area contributed by atoms with Crippen molar-refractivity contribution < 1.29 is 9.59 Å². The highest BCUT2D eigenvalue weighted by Gasteiger charge is 2.65. The molecule has 2 amide bonds. The Labute approximate surface area is 162 Å². The van der Waals surface area contributed by atoms with E-state index in [0.717, 1.165) is 51.9 Å². The fraction of sp³-hybridized carbons (Fsp3) is 0.636. The number of carbonyl (C=O) groups excluding carboxylic acids is 2. The molecule has 1 unspecified atom stereocenters. The lowest BCUT2D eigenvalue weighted by molar-refractivity contribution is -0.185. The van der Waals surface area contributed by atoms with Crippen LogP contribution in [0.15, 0.2) is 24.3 Å². The second kappa shape index (κ2) is 6.84. The highest BCUT2D eigenvalue weighted by Crippen LogP contribution is 2.52. The molecule has 2 heterocycles. The van der Waals surface area contributed by atoms with Crippen LogP contribution in [0, 0.1) is 12.3 Å². The summed E-state index contributed by atoms with van der Waals surface area (Å²) in [5, 5.41) is 0. The molecule has 3 fully saturated rings. The highest BCUT2D eigenvalue weighted by atomic mass is 16.2. The van der Waals surface area contributed by atoms with Crippen molar-refractivity contribution in [3.8, 4) is 0 Å². The number of rotatable bonds is 3. The first-order chi connectivity index (χ1) is 12.9. The van der Waals surface area contributed by atoms with Gasteiger partial charge in [-0.3, -0.25) is 9.59 Å². The quantitative estimate of drug-likeness (QED) is 0.770. The van der Waals surface area contributed by atoms with Crippen molar-refractivity contribution in [3.05, 3.63) is 29.8 Å². The van der Waals surface area contributed by atoms with Crippen LogP contribution in [-0.4, -0.2) is 59.9 Å². The molecule has 0 aromatic heterocycles. The zero-order chi connectivity index (χ0) is 19.2. The van der Waals surface area contributed by atoms with Gasteiger partial charge >= 0.3 is 0 Å². The van der Waals surface area contributed by atoms with Gasteiger partial charge in [-0.25, -0.2) is 0 Å². The molecule has 0 bridgehead atoms. The van der Waals surface area contributed by atoms with Crippen LogP contribution in [0.25, 0.3) is 0 Å². The van der Waals surface area contributed by atoms with Crippen LogP contribution in [0.3, 0.4) is 0 Å². The number of nitrogens with zero attached hydrogens (tertiary/aromatic N) is 3. The smallest absolute Gasteiger partial charge is 0.246 e. The molecular weight excluding hydrogens is 338 g/mol. The molecular formula is C22H31N3O2. The van der Waals surface area contributed by atoms with Crippen molar-refractivity contribution >= 4 is 17.5 Å². The van der Waals surface area contributed by atoms with Crippen molar-refractivity contribution in [2.45, 2.75) is 58.5 Å². The van der Waals surface area contributed by atoms with Crippen LogP contribution >= 0.6 is 0 Å². The van der Waals surface area contributed by atoms with Crippen molar-refractivity contribution in [1.82, 2.24) is 9.80 Å². The van der Waals surface area contributed by atoms with E-state index in [1.165, 1.54) is 11.3 Å². The lowest BCUT2D eigenvalue weighted by Crippen LogP contribution is -2.74. The SMILES string of the molecule is Cc1cccc(N2CCN(C(=O)C3N(C(C)C)C(=O)C34CCCC4)CC2)c1. The Morgan fingerprint density at radius 1 is 1.11 bits per heavy atom. The highest BCUT2D eigenvalue weighted by molar-refractivity contribution is 6.02. The van der Waals surface area contributed by atoms with Crippen LogP contribution in [0.2, 0.25) is 0 Å². The van der Waals surface area contributed by atoms with E-state index in [4.69, 9.17) is 0 Å². The first-order valence-electron chi connectivity index (χ1n) is 10.4. The van der Waals surface area contributed by atoms with Gasteiger partial charge in [-0.05, 0) is 51.3 Å². The summed E-state index contributed by atoms with van der Waals surface area (Å²) < 4.78 is 0. The van der Waals surface area contributed by atoms with Gasteiger partial charge < -0.3 is 14.7 Å². The maximum absolute atomic E-state index is 13.4. The average Bonchev–Trinajstić information content (AvgIpc) is 3.17. The van der Waals surface area contributed by atoms with E-state index in [9.17, 15) is 9.59 Å². The van der Waals surface area contributed by atoms with Crippen LogP contribution in [-0.2, 0) is 9.59 Å². The van der Waals surface area contributed by atoms with Crippen molar-refractivity contribution in [1.29, 1.82) is 0 Å². The zero-order valence-corrected chi connectivity index (χ0v) is 16.8. The van der Waals surface area contributed by atoms with E-state index < -0.39 is 5.41 Å². The van der Waals surface area contributed by atoms with Crippen LogP contribution < -0.4 is 4.90 Å². The van der Waals surface area contributed by atoms with E-state index in [1.54, 1.807) is 0 Å². The first kappa shape index (κ1) is 18.3. The minimum absolute atomic E-state index is 0.0891. The molecule has 1 spiro atoms. The maximum Gasteiger partial charge on any atom is 0.246 e. The normalized spacial score (nSPS) is 24.7. The van der Waals surface area contributed by atoms with E-state index in [-0.39, 0.29) is 23.9 Å². The molecule has 27 heavy (non-hydrogen) atoms. The molecule has 0 radical (unpaired) electrons. The molecule has 1 aliphatic carbocycles. The van der Waals surface area contributed by atoms with E-state index in [1.807, 2.05) is 23.6 Å². The topological polar surface area (TPSA) is 43.9 Å². The standard InChI is InChI=1S/C22H31N3O2/c1-16(2)25-19(22(21(25)27)9-4-5-10-22)20(26)24-13-11-23(12-14-24)18-8-6-7-17(3)15-18/h6-8,15-16,19H,4-5,9-14H2,1-3H3. The van der Waals surface area contributed by atoms with Crippen LogP contribution in [0.4, 0.5) is 5.69 Å². The van der Waals surface area contributed by atoms with Gasteiger partial charge in [-0.2, -0.15) is 0 Å². The average molecular weight is 370 g/mol. The fourth-order valence-corrected chi connectivity index (χ4v) is 5.26. The van der Waals surface area contributed by atoms with Crippen LogP contribution in [0.1, 0.15) is 45.1 Å². The molecule has 146 valence electrons. The van der Waals surface area contributed by atoms with Gasteiger partial charge in [0.2, 0.25) is 11.8 Å². The number of aryl methyl sites for hydroxylation is 1. The number of piperazine rings is 1. The third-order valence-corrected chi connectivity index (χ3v) is 6.71. The van der Waals surface area contributed by atoms with Gasteiger partial charge in [0, 0.05) is 37.9 Å². The zero-order valence-electron chi connectivity index (χ0n) is 16.8. The van der Waals surface area contributed by atoms with Gasteiger partial charge in [-0.1, -0.05) is 25.0 Å². The molecule has 1 aromatic rings. The third kappa shape index (κ3) is 2.91. The number of carbonyl (C=O) groups is 2. The largest absolute Gasteiger partial charge is 0.368 e. The fourth-order valence-electron chi connectivity index (χ4n) is 5.26. The Balaban J connectivity index is 1.46. The Kier molecular flexibility index (Phi) is 4.65.